The Labute approximate surface area is 160 Å². The number of aromatic nitrogens is 1. The van der Waals surface area contributed by atoms with Gasteiger partial charge in [0, 0.05) is 21.3 Å². The fourth-order valence-electron chi connectivity index (χ4n) is 2.80. The Morgan fingerprint density at radius 1 is 1.23 bits per heavy atom. The van der Waals surface area contributed by atoms with Crippen molar-refractivity contribution in [2.45, 2.75) is 30.6 Å². The molecule has 4 nitrogen and oxygen atoms in total. The molecule has 0 aliphatic carbocycles. The molecule has 1 N–H and O–H groups in total. The van der Waals surface area contributed by atoms with Crippen molar-refractivity contribution in [3.05, 3.63) is 59.0 Å². The zero-order valence-corrected chi connectivity index (χ0v) is 16.1. The smallest absolute Gasteiger partial charge is 0.257 e. The Morgan fingerprint density at radius 2 is 2.08 bits per heavy atom. The lowest BCUT2D eigenvalue weighted by atomic mass is 10.1. The van der Waals surface area contributed by atoms with Crippen LogP contribution in [0.4, 0.5) is 5.13 Å². The van der Waals surface area contributed by atoms with E-state index in [1.807, 2.05) is 48.5 Å². The van der Waals surface area contributed by atoms with E-state index in [2.05, 4.69) is 24.1 Å². The number of benzene rings is 2. The molecule has 1 aromatic heterocycles. The van der Waals surface area contributed by atoms with Crippen LogP contribution in [0.15, 0.2) is 53.4 Å². The van der Waals surface area contributed by atoms with Crippen LogP contribution in [0.3, 0.4) is 0 Å². The molecule has 0 saturated carbocycles. The summed E-state index contributed by atoms with van der Waals surface area (Å²) in [6, 6.07) is 15.5. The van der Waals surface area contributed by atoms with E-state index in [1.165, 1.54) is 11.3 Å². The van der Waals surface area contributed by atoms with Crippen LogP contribution in [-0.4, -0.2) is 16.1 Å². The Kier molecular flexibility index (Phi) is 4.70. The van der Waals surface area contributed by atoms with Gasteiger partial charge in [-0.2, -0.15) is 0 Å². The number of thioether (sulfide) groups is 1. The summed E-state index contributed by atoms with van der Waals surface area (Å²) in [6.07, 6.45) is 0. The molecule has 0 unspecified atom stereocenters. The van der Waals surface area contributed by atoms with Crippen molar-refractivity contribution in [3.8, 4) is 17.0 Å². The maximum Gasteiger partial charge on any atom is 0.257 e. The Bertz CT molecular complexity index is 966. The van der Waals surface area contributed by atoms with E-state index in [9.17, 15) is 4.79 Å². The number of nitrogens with zero attached hydrogens (tertiary/aromatic N) is 1. The quantitative estimate of drug-likeness (QED) is 0.609. The standard InChI is InChI=1S/C20H18N2O2S2/c1-12(2)25-14-7-5-6-13(10-14)19(23)22-20-21-18-15-8-3-4-9-16(15)24-11-17(18)26-20/h3-10,12H,11H2,1-2H3,(H,21,22,23). The van der Waals surface area contributed by atoms with E-state index in [-0.39, 0.29) is 5.91 Å². The molecule has 0 radical (unpaired) electrons. The van der Waals surface area contributed by atoms with Gasteiger partial charge in [-0.15, -0.1) is 11.8 Å². The molecule has 26 heavy (non-hydrogen) atoms. The van der Waals surface area contributed by atoms with Crippen molar-refractivity contribution in [1.82, 2.24) is 4.98 Å². The topological polar surface area (TPSA) is 51.2 Å². The van der Waals surface area contributed by atoms with E-state index in [1.54, 1.807) is 11.8 Å². The second-order valence-electron chi connectivity index (χ2n) is 6.22. The van der Waals surface area contributed by atoms with Crippen molar-refractivity contribution in [2.24, 2.45) is 0 Å². The van der Waals surface area contributed by atoms with Gasteiger partial charge < -0.3 is 4.74 Å². The third-order valence-electron chi connectivity index (χ3n) is 3.89. The van der Waals surface area contributed by atoms with E-state index in [0.29, 0.717) is 22.6 Å². The maximum atomic E-state index is 12.6. The highest BCUT2D eigenvalue weighted by Gasteiger charge is 2.22. The number of hydrogen-bond donors (Lipinski definition) is 1. The third-order valence-corrected chi connectivity index (χ3v) is 5.83. The molecular weight excluding hydrogens is 364 g/mol. The number of nitrogens with one attached hydrogen (secondary N) is 1. The lowest BCUT2D eigenvalue weighted by Crippen LogP contribution is -2.11. The van der Waals surface area contributed by atoms with E-state index in [4.69, 9.17) is 4.74 Å². The first-order valence-electron chi connectivity index (χ1n) is 8.40. The van der Waals surface area contributed by atoms with Gasteiger partial charge in [-0.1, -0.05) is 43.4 Å². The van der Waals surface area contributed by atoms with Gasteiger partial charge in [0.25, 0.3) is 5.91 Å². The van der Waals surface area contributed by atoms with Gasteiger partial charge in [0.1, 0.15) is 12.4 Å². The Balaban J connectivity index is 1.56. The summed E-state index contributed by atoms with van der Waals surface area (Å²) in [4.78, 5) is 19.4. The molecule has 1 aliphatic rings. The normalized spacial score (nSPS) is 12.3. The van der Waals surface area contributed by atoms with E-state index >= 15 is 0 Å². The summed E-state index contributed by atoms with van der Waals surface area (Å²) in [5.41, 5.74) is 2.51. The number of anilines is 1. The summed E-state index contributed by atoms with van der Waals surface area (Å²) in [6.45, 7) is 4.76. The number of ether oxygens (including phenoxy) is 1. The lowest BCUT2D eigenvalue weighted by Gasteiger charge is -2.15. The number of carbonyl (C=O) groups is 1. The average Bonchev–Trinajstić information content (AvgIpc) is 3.04. The number of amides is 1. The van der Waals surface area contributed by atoms with Gasteiger partial charge in [0.05, 0.1) is 10.6 Å². The van der Waals surface area contributed by atoms with Gasteiger partial charge in [-0.05, 0) is 30.3 Å². The van der Waals surface area contributed by atoms with Crippen LogP contribution in [0.1, 0.15) is 29.1 Å². The van der Waals surface area contributed by atoms with Crippen LogP contribution in [0.2, 0.25) is 0 Å². The average molecular weight is 383 g/mol. The number of rotatable bonds is 4. The molecular formula is C20H18N2O2S2. The molecule has 2 heterocycles. The zero-order valence-electron chi connectivity index (χ0n) is 14.5. The predicted molar refractivity (Wildman–Crippen MR) is 107 cm³/mol. The second kappa shape index (κ2) is 7.13. The van der Waals surface area contributed by atoms with Crippen molar-refractivity contribution in [2.75, 3.05) is 5.32 Å². The van der Waals surface area contributed by atoms with Crippen molar-refractivity contribution >= 4 is 34.1 Å². The van der Waals surface area contributed by atoms with Crippen LogP contribution in [0.5, 0.6) is 5.75 Å². The lowest BCUT2D eigenvalue weighted by molar-refractivity contribution is 0.102. The number of hydrogen-bond acceptors (Lipinski definition) is 5. The third kappa shape index (κ3) is 3.48. The number of thiazole rings is 1. The molecule has 3 aromatic rings. The van der Waals surface area contributed by atoms with Crippen molar-refractivity contribution in [3.63, 3.8) is 0 Å². The van der Waals surface area contributed by atoms with Crippen LogP contribution in [0.25, 0.3) is 11.3 Å². The molecule has 0 bridgehead atoms. The zero-order chi connectivity index (χ0) is 18.1. The number of carbonyl (C=O) groups excluding carboxylic acids is 1. The molecule has 0 spiro atoms. The Hall–Kier alpha value is -2.31. The van der Waals surface area contributed by atoms with Gasteiger partial charge in [0.15, 0.2) is 5.13 Å². The van der Waals surface area contributed by atoms with Gasteiger partial charge in [0.2, 0.25) is 0 Å². The van der Waals surface area contributed by atoms with Crippen LogP contribution in [0, 0.1) is 0 Å². The maximum absolute atomic E-state index is 12.6. The summed E-state index contributed by atoms with van der Waals surface area (Å²) in [7, 11) is 0. The first-order chi connectivity index (χ1) is 12.6. The van der Waals surface area contributed by atoms with Gasteiger partial charge >= 0.3 is 0 Å². The van der Waals surface area contributed by atoms with Crippen LogP contribution < -0.4 is 10.1 Å². The molecule has 4 rings (SSSR count). The fraction of sp³-hybridized carbons (Fsp3) is 0.200. The van der Waals surface area contributed by atoms with Crippen molar-refractivity contribution in [1.29, 1.82) is 0 Å². The van der Waals surface area contributed by atoms with E-state index < -0.39 is 0 Å². The summed E-state index contributed by atoms with van der Waals surface area (Å²) in [5.74, 6) is 0.693. The second-order valence-corrected chi connectivity index (χ2v) is 8.96. The summed E-state index contributed by atoms with van der Waals surface area (Å²) >= 11 is 3.20. The van der Waals surface area contributed by atoms with Gasteiger partial charge in [-0.25, -0.2) is 4.98 Å². The van der Waals surface area contributed by atoms with Crippen LogP contribution >= 0.6 is 23.1 Å². The highest BCUT2D eigenvalue weighted by Crippen LogP contribution is 2.40. The number of para-hydroxylation sites is 1. The summed E-state index contributed by atoms with van der Waals surface area (Å²) < 4.78 is 5.76. The first-order valence-corrected chi connectivity index (χ1v) is 10.1. The first kappa shape index (κ1) is 17.1. The minimum absolute atomic E-state index is 0.142. The predicted octanol–water partition coefficient (Wildman–Crippen LogP) is 5.46. The van der Waals surface area contributed by atoms with Gasteiger partial charge in [-0.3, -0.25) is 10.1 Å². The highest BCUT2D eigenvalue weighted by molar-refractivity contribution is 7.99. The largest absolute Gasteiger partial charge is 0.487 e. The van der Waals surface area contributed by atoms with E-state index in [0.717, 1.165) is 26.8 Å². The molecule has 6 heteroatoms. The van der Waals surface area contributed by atoms with Crippen LogP contribution in [-0.2, 0) is 6.61 Å². The fourth-order valence-corrected chi connectivity index (χ4v) is 4.58. The molecule has 0 saturated heterocycles. The molecule has 1 amide bonds. The minimum Gasteiger partial charge on any atom is -0.487 e. The molecule has 132 valence electrons. The van der Waals surface area contributed by atoms with Crippen molar-refractivity contribution < 1.29 is 9.53 Å². The molecule has 0 atom stereocenters. The Morgan fingerprint density at radius 3 is 2.92 bits per heavy atom. The molecule has 0 fully saturated rings. The monoisotopic (exact) mass is 382 g/mol. The number of fused-ring (bicyclic) bond motifs is 3. The highest BCUT2D eigenvalue weighted by atomic mass is 32.2. The molecule has 1 aliphatic heterocycles. The minimum atomic E-state index is -0.142. The SMILES string of the molecule is CC(C)Sc1cccc(C(=O)Nc2nc3c(s2)COc2ccccc2-3)c1. The molecule has 2 aromatic carbocycles. The summed E-state index contributed by atoms with van der Waals surface area (Å²) in [5, 5.41) is 4.00.